The normalized spacial score (nSPS) is 23.8. The van der Waals surface area contributed by atoms with Crippen molar-refractivity contribution in [2.75, 3.05) is 0 Å². The van der Waals surface area contributed by atoms with Crippen LogP contribution in [0.5, 0.6) is 0 Å². The molecule has 4 nitrogen and oxygen atoms in total. The number of hydrogen-bond acceptors (Lipinski definition) is 4. The first-order valence-corrected chi connectivity index (χ1v) is 4.91. The molecule has 0 aliphatic heterocycles. The lowest BCUT2D eigenvalue weighted by molar-refractivity contribution is -0.226. The third-order valence-electron chi connectivity index (χ3n) is 3.34. The van der Waals surface area contributed by atoms with Crippen LogP contribution in [0.4, 0.5) is 0 Å². The fraction of sp³-hybridized carbons (Fsp3) is 1.00. The summed E-state index contributed by atoms with van der Waals surface area (Å²) in [6.45, 7) is 7.55. The average Bonchev–Trinajstić information content (AvgIpc) is 2.00. The van der Waals surface area contributed by atoms with Crippen LogP contribution >= 0.6 is 0 Å². The van der Waals surface area contributed by atoms with Gasteiger partial charge in [-0.15, -0.1) is 0 Å². The minimum absolute atomic E-state index is 0.527. The van der Waals surface area contributed by atoms with Crippen LogP contribution in [0.3, 0.4) is 0 Å². The standard InChI is InChI=1S/C10H23NO3/c1-6-7(11)9(4,13)10(5,14)8(2,3)12/h7,12-14H,6,11H2,1-5H3. The summed E-state index contributed by atoms with van der Waals surface area (Å²) >= 11 is 0. The van der Waals surface area contributed by atoms with Crippen molar-refractivity contribution >= 4 is 0 Å². The lowest BCUT2D eigenvalue weighted by Gasteiger charge is -2.48. The molecule has 0 saturated heterocycles. The zero-order valence-corrected chi connectivity index (χ0v) is 9.70. The number of rotatable bonds is 4. The second-order valence-corrected chi connectivity index (χ2v) is 4.79. The summed E-state index contributed by atoms with van der Waals surface area (Å²) in [6, 6.07) is -0.580. The smallest absolute Gasteiger partial charge is 0.120 e. The first-order valence-electron chi connectivity index (χ1n) is 4.91. The minimum Gasteiger partial charge on any atom is -0.387 e. The van der Waals surface area contributed by atoms with E-state index in [1.54, 1.807) is 0 Å². The molecule has 0 rings (SSSR count). The van der Waals surface area contributed by atoms with Crippen molar-refractivity contribution in [2.24, 2.45) is 5.73 Å². The van der Waals surface area contributed by atoms with E-state index >= 15 is 0 Å². The molecule has 3 unspecified atom stereocenters. The molecule has 0 aliphatic carbocycles. The van der Waals surface area contributed by atoms with Crippen LogP contribution in [0, 0.1) is 0 Å². The Morgan fingerprint density at radius 3 is 1.64 bits per heavy atom. The van der Waals surface area contributed by atoms with E-state index in [1.807, 2.05) is 6.92 Å². The van der Waals surface area contributed by atoms with Gasteiger partial charge in [-0.1, -0.05) is 6.92 Å². The topological polar surface area (TPSA) is 86.7 Å². The Labute approximate surface area is 85.7 Å². The molecule has 0 fully saturated rings. The van der Waals surface area contributed by atoms with E-state index in [-0.39, 0.29) is 0 Å². The Balaban J connectivity index is 5.07. The molecule has 0 radical (unpaired) electrons. The lowest BCUT2D eigenvalue weighted by Crippen LogP contribution is -2.68. The molecular weight excluding hydrogens is 182 g/mol. The second kappa shape index (κ2) is 3.77. The molecule has 5 N–H and O–H groups in total. The molecule has 0 heterocycles. The first kappa shape index (κ1) is 13.8. The lowest BCUT2D eigenvalue weighted by atomic mass is 9.70. The predicted molar refractivity (Wildman–Crippen MR) is 55.8 cm³/mol. The van der Waals surface area contributed by atoms with Gasteiger partial charge >= 0.3 is 0 Å². The monoisotopic (exact) mass is 205 g/mol. The van der Waals surface area contributed by atoms with Gasteiger partial charge in [-0.2, -0.15) is 0 Å². The Morgan fingerprint density at radius 1 is 1.07 bits per heavy atom. The minimum atomic E-state index is -1.66. The van der Waals surface area contributed by atoms with Crippen LogP contribution in [0.15, 0.2) is 0 Å². The number of hydrogen-bond donors (Lipinski definition) is 4. The largest absolute Gasteiger partial charge is 0.387 e. The summed E-state index contributed by atoms with van der Waals surface area (Å²) in [5.74, 6) is 0. The molecule has 0 spiro atoms. The second-order valence-electron chi connectivity index (χ2n) is 4.79. The van der Waals surface area contributed by atoms with Gasteiger partial charge in [0.2, 0.25) is 0 Å². The Morgan fingerprint density at radius 2 is 1.43 bits per heavy atom. The van der Waals surface area contributed by atoms with Crippen molar-refractivity contribution in [3.63, 3.8) is 0 Å². The highest BCUT2D eigenvalue weighted by Gasteiger charge is 2.54. The molecule has 0 aromatic rings. The highest BCUT2D eigenvalue weighted by Crippen LogP contribution is 2.34. The predicted octanol–water partition coefficient (Wildman–Crippen LogP) is -0.00340. The van der Waals surface area contributed by atoms with E-state index in [0.717, 1.165) is 0 Å². The molecule has 4 heteroatoms. The maximum absolute atomic E-state index is 10.1. The molecule has 14 heavy (non-hydrogen) atoms. The van der Waals surface area contributed by atoms with Gasteiger partial charge in [0.05, 0.1) is 5.60 Å². The van der Waals surface area contributed by atoms with Gasteiger partial charge in [0.1, 0.15) is 11.2 Å². The highest BCUT2D eigenvalue weighted by atomic mass is 16.4. The summed E-state index contributed by atoms with van der Waals surface area (Å²) < 4.78 is 0. The highest BCUT2D eigenvalue weighted by molar-refractivity contribution is 5.07. The third kappa shape index (κ3) is 2.08. The summed E-state index contributed by atoms with van der Waals surface area (Å²) in [4.78, 5) is 0. The fourth-order valence-electron chi connectivity index (χ4n) is 1.38. The quantitative estimate of drug-likeness (QED) is 0.520. The van der Waals surface area contributed by atoms with E-state index < -0.39 is 22.8 Å². The van der Waals surface area contributed by atoms with Gasteiger partial charge in [0.25, 0.3) is 0 Å². The fourth-order valence-corrected chi connectivity index (χ4v) is 1.38. The molecule has 0 aromatic heterocycles. The van der Waals surface area contributed by atoms with Crippen LogP contribution in [-0.4, -0.2) is 38.2 Å². The van der Waals surface area contributed by atoms with Gasteiger partial charge in [-0.3, -0.25) is 0 Å². The molecule has 0 saturated carbocycles. The van der Waals surface area contributed by atoms with Gasteiger partial charge in [0.15, 0.2) is 0 Å². The number of aliphatic hydroxyl groups is 3. The SMILES string of the molecule is CCC(N)C(C)(O)C(C)(O)C(C)(C)O. The molecule has 3 atom stereocenters. The maximum atomic E-state index is 10.1. The Bertz CT molecular complexity index is 194. The van der Waals surface area contributed by atoms with Crippen molar-refractivity contribution in [2.45, 2.75) is 63.9 Å². The first-order chi connectivity index (χ1) is 5.98. The van der Waals surface area contributed by atoms with E-state index in [1.165, 1.54) is 27.7 Å². The molecule has 0 aromatic carbocycles. The van der Waals surface area contributed by atoms with E-state index in [0.29, 0.717) is 6.42 Å². The molecule has 0 aliphatic rings. The van der Waals surface area contributed by atoms with E-state index in [2.05, 4.69) is 0 Å². The number of nitrogens with two attached hydrogens (primary N) is 1. The zero-order chi connectivity index (χ0) is 11.8. The molecule has 86 valence electrons. The summed E-state index contributed by atoms with van der Waals surface area (Å²) in [5, 5.41) is 30.0. The summed E-state index contributed by atoms with van der Waals surface area (Å²) in [6.07, 6.45) is 0.527. The van der Waals surface area contributed by atoms with Crippen LogP contribution in [-0.2, 0) is 0 Å². The molecule has 0 amide bonds. The van der Waals surface area contributed by atoms with Crippen LogP contribution < -0.4 is 5.73 Å². The van der Waals surface area contributed by atoms with Crippen LogP contribution in [0.1, 0.15) is 41.0 Å². The van der Waals surface area contributed by atoms with Crippen molar-refractivity contribution < 1.29 is 15.3 Å². The van der Waals surface area contributed by atoms with Crippen molar-refractivity contribution in [3.05, 3.63) is 0 Å². The van der Waals surface area contributed by atoms with E-state index in [4.69, 9.17) is 5.73 Å². The third-order valence-corrected chi connectivity index (χ3v) is 3.34. The van der Waals surface area contributed by atoms with Gasteiger partial charge in [0, 0.05) is 6.04 Å². The zero-order valence-electron chi connectivity index (χ0n) is 9.70. The van der Waals surface area contributed by atoms with Crippen LogP contribution in [0.25, 0.3) is 0 Å². The van der Waals surface area contributed by atoms with Gasteiger partial charge in [-0.05, 0) is 34.1 Å². The molecular formula is C10H23NO3. The van der Waals surface area contributed by atoms with Crippen molar-refractivity contribution in [1.29, 1.82) is 0 Å². The molecule has 0 bridgehead atoms. The summed E-state index contributed by atoms with van der Waals surface area (Å²) in [7, 11) is 0. The van der Waals surface area contributed by atoms with Crippen molar-refractivity contribution in [3.8, 4) is 0 Å². The Hall–Kier alpha value is -0.160. The Kier molecular flexibility index (Phi) is 3.73. The average molecular weight is 205 g/mol. The maximum Gasteiger partial charge on any atom is 0.120 e. The van der Waals surface area contributed by atoms with E-state index in [9.17, 15) is 15.3 Å². The summed E-state index contributed by atoms with van der Waals surface area (Å²) in [5.41, 5.74) is 1.11. The van der Waals surface area contributed by atoms with Gasteiger partial charge < -0.3 is 21.1 Å². The van der Waals surface area contributed by atoms with Crippen LogP contribution in [0.2, 0.25) is 0 Å². The van der Waals surface area contributed by atoms with Crippen molar-refractivity contribution in [1.82, 2.24) is 0 Å². The van der Waals surface area contributed by atoms with Gasteiger partial charge in [-0.25, -0.2) is 0 Å².